The van der Waals surface area contributed by atoms with E-state index in [1.807, 2.05) is 29.3 Å². The van der Waals surface area contributed by atoms with E-state index in [1.165, 1.54) is 25.9 Å². The molecule has 0 radical (unpaired) electrons. The summed E-state index contributed by atoms with van der Waals surface area (Å²) in [6, 6.07) is 2.97. The van der Waals surface area contributed by atoms with Gasteiger partial charge in [0, 0.05) is 31.0 Å². The van der Waals surface area contributed by atoms with Gasteiger partial charge in [-0.05, 0) is 65.5 Å². The molecule has 5 heteroatoms. The van der Waals surface area contributed by atoms with Crippen LogP contribution in [0.15, 0.2) is 24.7 Å². The van der Waals surface area contributed by atoms with Crippen molar-refractivity contribution in [2.45, 2.75) is 59.0 Å². The predicted octanol–water partition coefficient (Wildman–Crippen LogP) is 3.58. The Morgan fingerprint density at radius 3 is 2.75 bits per heavy atom. The van der Waals surface area contributed by atoms with Crippen molar-refractivity contribution in [3.63, 3.8) is 0 Å². The Hall–Kier alpha value is -1.75. The van der Waals surface area contributed by atoms with Crippen molar-refractivity contribution in [3.8, 4) is 11.4 Å². The number of rotatable bonds is 5. The van der Waals surface area contributed by atoms with Crippen LogP contribution >= 0.6 is 0 Å². The fourth-order valence-electron chi connectivity index (χ4n) is 3.59. The first kappa shape index (κ1) is 17.1. The summed E-state index contributed by atoms with van der Waals surface area (Å²) < 4.78 is 2.01. The second-order valence-electron chi connectivity index (χ2n) is 7.45. The van der Waals surface area contributed by atoms with E-state index in [-0.39, 0.29) is 0 Å². The SMILES string of the molecule is CC(C)N1CCC[C@H](Cc2cncc(-c3ccnn3C(C)C)n2)C1. The molecule has 0 aromatic carbocycles. The molecule has 3 heterocycles. The molecular formula is C19H29N5. The third kappa shape index (κ3) is 3.83. The van der Waals surface area contributed by atoms with Gasteiger partial charge in [0.05, 0.1) is 17.6 Å². The van der Waals surface area contributed by atoms with Crippen LogP contribution < -0.4 is 0 Å². The lowest BCUT2D eigenvalue weighted by atomic mass is 9.93. The van der Waals surface area contributed by atoms with Crippen LogP contribution in [0.25, 0.3) is 11.4 Å². The van der Waals surface area contributed by atoms with Crippen molar-refractivity contribution >= 4 is 0 Å². The van der Waals surface area contributed by atoms with E-state index in [4.69, 9.17) is 4.98 Å². The number of hydrogen-bond donors (Lipinski definition) is 0. The molecule has 0 spiro atoms. The van der Waals surface area contributed by atoms with Crippen LogP contribution in [0.2, 0.25) is 0 Å². The van der Waals surface area contributed by atoms with Gasteiger partial charge in [-0.15, -0.1) is 0 Å². The van der Waals surface area contributed by atoms with E-state index in [0.717, 1.165) is 23.5 Å². The van der Waals surface area contributed by atoms with Crippen molar-refractivity contribution in [2.24, 2.45) is 5.92 Å². The molecule has 0 N–H and O–H groups in total. The zero-order valence-corrected chi connectivity index (χ0v) is 15.3. The second-order valence-corrected chi connectivity index (χ2v) is 7.45. The summed E-state index contributed by atoms with van der Waals surface area (Å²) in [5, 5.41) is 4.41. The summed E-state index contributed by atoms with van der Waals surface area (Å²) in [5.74, 6) is 0.681. The molecule has 0 amide bonds. The first-order chi connectivity index (χ1) is 11.5. The minimum atomic E-state index is 0.318. The highest BCUT2D eigenvalue weighted by atomic mass is 15.3. The van der Waals surface area contributed by atoms with Gasteiger partial charge < -0.3 is 4.90 Å². The quantitative estimate of drug-likeness (QED) is 0.842. The van der Waals surface area contributed by atoms with E-state index >= 15 is 0 Å². The first-order valence-corrected chi connectivity index (χ1v) is 9.13. The maximum atomic E-state index is 4.88. The second kappa shape index (κ2) is 7.43. The van der Waals surface area contributed by atoms with Crippen LogP contribution in [0.1, 0.15) is 52.3 Å². The minimum Gasteiger partial charge on any atom is -0.301 e. The Balaban J connectivity index is 1.75. The Bertz CT molecular complexity index is 661. The molecule has 3 rings (SSSR count). The van der Waals surface area contributed by atoms with Gasteiger partial charge >= 0.3 is 0 Å². The van der Waals surface area contributed by atoms with Gasteiger partial charge in [0.15, 0.2) is 0 Å². The van der Waals surface area contributed by atoms with Gasteiger partial charge in [-0.1, -0.05) is 0 Å². The fourth-order valence-corrected chi connectivity index (χ4v) is 3.59. The Morgan fingerprint density at radius 1 is 1.17 bits per heavy atom. The van der Waals surface area contributed by atoms with Gasteiger partial charge in [0.1, 0.15) is 5.69 Å². The zero-order chi connectivity index (χ0) is 17.1. The first-order valence-electron chi connectivity index (χ1n) is 9.13. The average Bonchev–Trinajstić information content (AvgIpc) is 3.05. The maximum Gasteiger partial charge on any atom is 0.107 e. The number of aromatic nitrogens is 4. The third-order valence-corrected chi connectivity index (χ3v) is 4.88. The van der Waals surface area contributed by atoms with E-state index in [1.54, 1.807) is 0 Å². The van der Waals surface area contributed by atoms with Crippen molar-refractivity contribution in [1.82, 2.24) is 24.6 Å². The highest BCUT2D eigenvalue weighted by molar-refractivity contribution is 5.53. The molecule has 2 aromatic heterocycles. The molecule has 1 aliphatic rings. The minimum absolute atomic E-state index is 0.318. The molecule has 130 valence electrons. The van der Waals surface area contributed by atoms with E-state index < -0.39 is 0 Å². The summed E-state index contributed by atoms with van der Waals surface area (Å²) in [5.41, 5.74) is 3.07. The molecule has 0 aliphatic carbocycles. The predicted molar refractivity (Wildman–Crippen MR) is 96.8 cm³/mol. The molecule has 0 unspecified atom stereocenters. The molecule has 1 aliphatic heterocycles. The zero-order valence-electron chi connectivity index (χ0n) is 15.3. The van der Waals surface area contributed by atoms with Crippen molar-refractivity contribution < 1.29 is 0 Å². The molecule has 1 atom stereocenters. The molecule has 1 saturated heterocycles. The van der Waals surface area contributed by atoms with E-state index in [0.29, 0.717) is 18.0 Å². The lowest BCUT2D eigenvalue weighted by Crippen LogP contribution is -2.40. The lowest BCUT2D eigenvalue weighted by molar-refractivity contribution is 0.139. The Morgan fingerprint density at radius 2 is 2.00 bits per heavy atom. The van der Waals surface area contributed by atoms with Crippen LogP contribution in [0.3, 0.4) is 0 Å². The molecule has 0 bridgehead atoms. The third-order valence-electron chi connectivity index (χ3n) is 4.88. The standard InChI is InChI=1S/C19H29N5/c1-14(2)23-9-5-6-16(13-23)10-17-11-20-12-18(22-17)19-7-8-21-24(19)15(3)4/h7-8,11-12,14-16H,5-6,9-10,13H2,1-4H3/t16-/m1/s1. The van der Waals surface area contributed by atoms with E-state index in [2.05, 4.69) is 42.7 Å². The van der Waals surface area contributed by atoms with Crippen LogP contribution in [0, 0.1) is 5.92 Å². The topological polar surface area (TPSA) is 46.8 Å². The molecule has 24 heavy (non-hydrogen) atoms. The summed E-state index contributed by atoms with van der Waals surface area (Å²) in [6.45, 7) is 11.2. The van der Waals surface area contributed by atoms with Crippen LogP contribution in [0.4, 0.5) is 0 Å². The summed E-state index contributed by atoms with van der Waals surface area (Å²) >= 11 is 0. The Labute approximate surface area is 145 Å². The molecular weight excluding hydrogens is 298 g/mol. The molecule has 0 saturated carbocycles. The average molecular weight is 327 g/mol. The van der Waals surface area contributed by atoms with Crippen molar-refractivity contribution in [1.29, 1.82) is 0 Å². The van der Waals surface area contributed by atoms with Crippen molar-refractivity contribution in [2.75, 3.05) is 13.1 Å². The number of piperidine rings is 1. The summed E-state index contributed by atoms with van der Waals surface area (Å²) in [7, 11) is 0. The number of likely N-dealkylation sites (tertiary alicyclic amines) is 1. The van der Waals surface area contributed by atoms with Crippen LogP contribution in [-0.4, -0.2) is 43.8 Å². The molecule has 1 fully saturated rings. The smallest absolute Gasteiger partial charge is 0.107 e. The van der Waals surface area contributed by atoms with Gasteiger partial charge in [-0.2, -0.15) is 5.10 Å². The van der Waals surface area contributed by atoms with E-state index in [9.17, 15) is 0 Å². The fraction of sp³-hybridized carbons (Fsp3) is 0.632. The lowest BCUT2D eigenvalue weighted by Gasteiger charge is -2.35. The van der Waals surface area contributed by atoms with Gasteiger partial charge in [0.2, 0.25) is 0 Å². The van der Waals surface area contributed by atoms with Crippen LogP contribution in [-0.2, 0) is 6.42 Å². The Kier molecular flexibility index (Phi) is 5.29. The molecule has 5 nitrogen and oxygen atoms in total. The highest BCUT2D eigenvalue weighted by Crippen LogP contribution is 2.23. The van der Waals surface area contributed by atoms with Crippen molar-refractivity contribution in [3.05, 3.63) is 30.4 Å². The van der Waals surface area contributed by atoms with Gasteiger partial charge in [-0.25, -0.2) is 4.98 Å². The largest absolute Gasteiger partial charge is 0.301 e. The van der Waals surface area contributed by atoms with Gasteiger partial charge in [0.25, 0.3) is 0 Å². The summed E-state index contributed by atoms with van der Waals surface area (Å²) in [4.78, 5) is 11.9. The molecule has 2 aromatic rings. The normalized spacial score (nSPS) is 19.3. The summed E-state index contributed by atoms with van der Waals surface area (Å²) in [6.07, 6.45) is 9.20. The van der Waals surface area contributed by atoms with Crippen LogP contribution in [0.5, 0.6) is 0 Å². The monoisotopic (exact) mass is 327 g/mol. The number of hydrogen-bond acceptors (Lipinski definition) is 4. The number of nitrogens with zero attached hydrogens (tertiary/aromatic N) is 5. The maximum absolute atomic E-state index is 4.88. The highest BCUT2D eigenvalue weighted by Gasteiger charge is 2.22. The van der Waals surface area contributed by atoms with Gasteiger partial charge in [-0.3, -0.25) is 9.67 Å².